The molecule has 0 bridgehead atoms. The van der Waals surface area contributed by atoms with Crippen LogP contribution in [0.25, 0.3) is 6.08 Å². The fourth-order valence-electron chi connectivity index (χ4n) is 1.35. The molecule has 18 heavy (non-hydrogen) atoms. The Labute approximate surface area is 108 Å². The van der Waals surface area contributed by atoms with Crippen LogP contribution in [0.15, 0.2) is 36.4 Å². The zero-order valence-electron chi connectivity index (χ0n) is 9.30. The summed E-state index contributed by atoms with van der Waals surface area (Å²) in [6.45, 7) is 3.44. The summed E-state index contributed by atoms with van der Waals surface area (Å²) < 4.78 is 0. The van der Waals surface area contributed by atoms with E-state index >= 15 is 0 Å². The van der Waals surface area contributed by atoms with Gasteiger partial charge in [0.2, 0.25) is 0 Å². The predicted octanol–water partition coefficient (Wildman–Crippen LogP) is 3.29. The molecule has 6 heteroatoms. The summed E-state index contributed by atoms with van der Waals surface area (Å²) >= 11 is 5.66. The van der Waals surface area contributed by atoms with Crippen molar-refractivity contribution >= 4 is 29.3 Å². The number of halogens is 1. The van der Waals surface area contributed by atoms with E-state index in [1.807, 2.05) is 0 Å². The number of nitro groups is 1. The SMILES string of the molecule is C=CCC(=Cc1ccc(Cl)cc1[N+](=O)[O-])C(=O)O. The molecule has 0 unspecified atom stereocenters. The van der Waals surface area contributed by atoms with Crippen LogP contribution in [0.1, 0.15) is 12.0 Å². The second kappa shape index (κ2) is 5.97. The number of allylic oxidation sites excluding steroid dienone is 1. The number of aliphatic carboxylic acids is 1. The van der Waals surface area contributed by atoms with E-state index < -0.39 is 10.9 Å². The zero-order chi connectivity index (χ0) is 13.7. The predicted molar refractivity (Wildman–Crippen MR) is 68.5 cm³/mol. The Morgan fingerprint density at radius 2 is 2.22 bits per heavy atom. The second-order valence-electron chi connectivity index (χ2n) is 3.43. The number of rotatable bonds is 5. The van der Waals surface area contributed by atoms with Crippen molar-refractivity contribution in [1.82, 2.24) is 0 Å². The molecule has 0 spiro atoms. The smallest absolute Gasteiger partial charge is 0.331 e. The van der Waals surface area contributed by atoms with Crippen LogP contribution in [-0.2, 0) is 4.79 Å². The van der Waals surface area contributed by atoms with Crippen LogP contribution in [0, 0.1) is 10.1 Å². The molecule has 0 aliphatic heterocycles. The van der Waals surface area contributed by atoms with E-state index in [2.05, 4.69) is 6.58 Å². The van der Waals surface area contributed by atoms with Crippen molar-refractivity contribution in [3.8, 4) is 0 Å². The van der Waals surface area contributed by atoms with Crippen molar-refractivity contribution in [3.63, 3.8) is 0 Å². The molecule has 0 aliphatic rings. The quantitative estimate of drug-likeness (QED) is 0.384. The van der Waals surface area contributed by atoms with E-state index in [1.165, 1.54) is 30.4 Å². The van der Waals surface area contributed by atoms with Crippen LogP contribution in [0.2, 0.25) is 5.02 Å². The van der Waals surface area contributed by atoms with Gasteiger partial charge in [-0.05, 0) is 24.6 Å². The summed E-state index contributed by atoms with van der Waals surface area (Å²) in [4.78, 5) is 21.2. The third-order valence-electron chi connectivity index (χ3n) is 2.16. The van der Waals surface area contributed by atoms with E-state index in [9.17, 15) is 14.9 Å². The number of carboxylic acids is 1. The lowest BCUT2D eigenvalue weighted by Gasteiger charge is -2.01. The van der Waals surface area contributed by atoms with Gasteiger partial charge in [-0.25, -0.2) is 4.79 Å². The third-order valence-corrected chi connectivity index (χ3v) is 2.39. The maximum atomic E-state index is 10.9. The van der Waals surface area contributed by atoms with E-state index in [0.717, 1.165) is 0 Å². The number of carbonyl (C=O) groups is 1. The number of hydrogen-bond acceptors (Lipinski definition) is 3. The van der Waals surface area contributed by atoms with E-state index in [-0.39, 0.29) is 28.3 Å². The summed E-state index contributed by atoms with van der Waals surface area (Å²) in [5.74, 6) is -1.14. The minimum Gasteiger partial charge on any atom is -0.478 e. The number of benzene rings is 1. The molecule has 0 fully saturated rings. The number of nitro benzene ring substituents is 1. The highest BCUT2D eigenvalue weighted by Gasteiger charge is 2.14. The van der Waals surface area contributed by atoms with E-state index in [1.54, 1.807) is 0 Å². The third kappa shape index (κ3) is 3.43. The molecule has 0 aliphatic carbocycles. The second-order valence-corrected chi connectivity index (χ2v) is 3.86. The van der Waals surface area contributed by atoms with Crippen LogP contribution in [0.4, 0.5) is 5.69 Å². The van der Waals surface area contributed by atoms with Crippen LogP contribution in [0.5, 0.6) is 0 Å². The average molecular weight is 268 g/mol. The summed E-state index contributed by atoms with van der Waals surface area (Å²) in [5.41, 5.74) is -0.00983. The molecule has 0 amide bonds. The molecule has 5 nitrogen and oxygen atoms in total. The lowest BCUT2D eigenvalue weighted by atomic mass is 10.1. The van der Waals surface area contributed by atoms with E-state index in [4.69, 9.17) is 16.7 Å². The first-order valence-corrected chi connectivity index (χ1v) is 5.32. The molecule has 0 saturated heterocycles. The lowest BCUT2D eigenvalue weighted by Crippen LogP contribution is -2.00. The lowest BCUT2D eigenvalue weighted by molar-refractivity contribution is -0.385. The molecule has 0 radical (unpaired) electrons. The molecule has 1 N–H and O–H groups in total. The van der Waals surface area contributed by atoms with Crippen molar-refractivity contribution in [2.45, 2.75) is 6.42 Å². The highest BCUT2D eigenvalue weighted by molar-refractivity contribution is 6.30. The monoisotopic (exact) mass is 267 g/mol. The van der Waals surface area contributed by atoms with Gasteiger partial charge in [0.15, 0.2) is 0 Å². The minimum atomic E-state index is -1.14. The number of nitrogens with zero attached hydrogens (tertiary/aromatic N) is 1. The molecule has 0 heterocycles. The first-order chi connectivity index (χ1) is 8.45. The van der Waals surface area contributed by atoms with Crippen LogP contribution in [0.3, 0.4) is 0 Å². The van der Waals surface area contributed by atoms with Gasteiger partial charge in [-0.3, -0.25) is 10.1 Å². The van der Waals surface area contributed by atoms with Crippen molar-refractivity contribution in [2.75, 3.05) is 0 Å². The molecule has 1 aromatic rings. The summed E-state index contributed by atoms with van der Waals surface area (Å²) in [5, 5.41) is 20.0. The normalized spacial score (nSPS) is 11.1. The Bertz CT molecular complexity index is 537. The maximum absolute atomic E-state index is 10.9. The first kappa shape index (κ1) is 13.9. The van der Waals surface area contributed by atoms with Crippen molar-refractivity contribution in [2.24, 2.45) is 0 Å². The van der Waals surface area contributed by atoms with Gasteiger partial charge in [0.25, 0.3) is 5.69 Å². The summed E-state index contributed by atoms with van der Waals surface area (Å²) in [6, 6.07) is 4.06. The standard InChI is InChI=1S/C12H10ClNO4/c1-2-3-9(12(15)16)6-8-4-5-10(13)7-11(8)14(17)18/h2,4-7H,1,3H2,(H,15,16). The minimum absolute atomic E-state index is 0.0235. The average Bonchev–Trinajstić information content (AvgIpc) is 2.30. The molecular formula is C12H10ClNO4. The zero-order valence-corrected chi connectivity index (χ0v) is 10.1. The van der Waals surface area contributed by atoms with Gasteiger partial charge in [0.05, 0.1) is 10.5 Å². The summed E-state index contributed by atoms with van der Waals surface area (Å²) in [7, 11) is 0. The molecule has 1 rings (SSSR count). The van der Waals surface area contributed by atoms with Crippen molar-refractivity contribution < 1.29 is 14.8 Å². The Morgan fingerprint density at radius 1 is 1.56 bits per heavy atom. The van der Waals surface area contributed by atoms with Gasteiger partial charge in [-0.2, -0.15) is 0 Å². The van der Waals surface area contributed by atoms with Crippen LogP contribution >= 0.6 is 11.6 Å². The van der Waals surface area contributed by atoms with Crippen molar-refractivity contribution in [1.29, 1.82) is 0 Å². The first-order valence-electron chi connectivity index (χ1n) is 4.94. The van der Waals surface area contributed by atoms with Crippen LogP contribution < -0.4 is 0 Å². The highest BCUT2D eigenvalue weighted by atomic mass is 35.5. The van der Waals surface area contributed by atoms with Crippen LogP contribution in [-0.4, -0.2) is 16.0 Å². The van der Waals surface area contributed by atoms with Crippen molar-refractivity contribution in [3.05, 3.63) is 57.1 Å². The maximum Gasteiger partial charge on any atom is 0.331 e. The molecule has 0 aromatic heterocycles. The van der Waals surface area contributed by atoms with Gasteiger partial charge in [0, 0.05) is 16.7 Å². The van der Waals surface area contributed by atoms with Gasteiger partial charge in [-0.15, -0.1) is 6.58 Å². The van der Waals surface area contributed by atoms with E-state index in [0.29, 0.717) is 0 Å². The Hall–Kier alpha value is -2.14. The molecule has 0 atom stereocenters. The molecular weight excluding hydrogens is 258 g/mol. The Balaban J connectivity index is 3.31. The Morgan fingerprint density at radius 3 is 2.72 bits per heavy atom. The molecule has 94 valence electrons. The van der Waals surface area contributed by atoms with Gasteiger partial charge >= 0.3 is 5.97 Å². The number of carboxylic acid groups (broad SMARTS) is 1. The van der Waals surface area contributed by atoms with Gasteiger partial charge in [-0.1, -0.05) is 17.7 Å². The topological polar surface area (TPSA) is 80.4 Å². The number of hydrogen-bond donors (Lipinski definition) is 1. The molecule has 1 aromatic carbocycles. The highest BCUT2D eigenvalue weighted by Crippen LogP contribution is 2.25. The van der Waals surface area contributed by atoms with Gasteiger partial charge < -0.3 is 5.11 Å². The Kier molecular flexibility index (Phi) is 4.62. The van der Waals surface area contributed by atoms with Gasteiger partial charge in [0.1, 0.15) is 0 Å². The fourth-order valence-corrected chi connectivity index (χ4v) is 1.51. The fraction of sp³-hybridized carbons (Fsp3) is 0.0833. The largest absolute Gasteiger partial charge is 0.478 e. The summed E-state index contributed by atoms with van der Waals surface area (Å²) in [6.07, 6.45) is 2.79. The molecule has 0 saturated carbocycles.